The number of hydrogen-bond acceptors (Lipinski definition) is 9. The third-order valence-electron chi connectivity index (χ3n) is 7.81. The number of nitriles is 1. The number of aromatic amines is 1. The second-order valence-electron chi connectivity index (χ2n) is 12.3. The molecule has 1 aliphatic heterocycles. The normalized spacial score (nSPS) is 15.1. The van der Waals surface area contributed by atoms with E-state index in [9.17, 15) is 14.9 Å². The Morgan fingerprint density at radius 2 is 1.91 bits per heavy atom. The zero-order valence-electron chi connectivity index (χ0n) is 26.7. The number of morpholine rings is 1. The van der Waals surface area contributed by atoms with Gasteiger partial charge in [-0.2, -0.15) is 10.4 Å². The highest BCUT2D eigenvalue weighted by Gasteiger charge is 2.29. The molecule has 12 nitrogen and oxygen atoms in total. The van der Waals surface area contributed by atoms with E-state index in [1.165, 1.54) is 7.11 Å². The molecule has 4 aromatic rings. The summed E-state index contributed by atoms with van der Waals surface area (Å²) in [5.41, 5.74) is 3.42. The van der Waals surface area contributed by atoms with Crippen molar-refractivity contribution in [1.82, 2.24) is 25.0 Å². The number of anilines is 1. The van der Waals surface area contributed by atoms with Gasteiger partial charge in [0.15, 0.2) is 0 Å². The van der Waals surface area contributed by atoms with Crippen LogP contribution < -0.4 is 10.6 Å². The summed E-state index contributed by atoms with van der Waals surface area (Å²) in [6.45, 7) is 10.2. The summed E-state index contributed by atoms with van der Waals surface area (Å²) in [5, 5.41) is 22.0. The quantitative estimate of drug-likeness (QED) is 0.203. The van der Waals surface area contributed by atoms with Crippen LogP contribution in [0, 0.1) is 11.3 Å². The SMILES string of the molecule is COC(=O)c1cc(-c2cnn(CCN3CCOCC3)c2)ccc1N[C@@H](C#N)[C@H](Cc1c[nH]c2ccccc12)NC(=O)OC(C)(C)C. The highest BCUT2D eigenvalue weighted by molar-refractivity contribution is 5.97. The van der Waals surface area contributed by atoms with Gasteiger partial charge in [0.05, 0.1) is 50.7 Å². The van der Waals surface area contributed by atoms with E-state index in [4.69, 9.17) is 14.2 Å². The number of fused-ring (bicyclic) bond motifs is 1. The number of H-pyrrole nitrogens is 1. The highest BCUT2D eigenvalue weighted by atomic mass is 16.6. The Labute approximate surface area is 268 Å². The first-order chi connectivity index (χ1) is 22.1. The van der Waals surface area contributed by atoms with Crippen LogP contribution in [0.5, 0.6) is 0 Å². The maximum absolute atomic E-state index is 13.0. The second-order valence-corrected chi connectivity index (χ2v) is 12.3. The number of methoxy groups -OCH3 is 1. The fourth-order valence-corrected chi connectivity index (χ4v) is 5.47. The summed E-state index contributed by atoms with van der Waals surface area (Å²) < 4.78 is 18.0. The van der Waals surface area contributed by atoms with E-state index in [1.807, 2.05) is 47.4 Å². The number of nitrogens with one attached hydrogen (secondary N) is 3. The van der Waals surface area contributed by atoms with Gasteiger partial charge in [0, 0.05) is 54.2 Å². The Morgan fingerprint density at radius 3 is 2.65 bits per heavy atom. The number of carbonyl (C=O) groups excluding carboxylic acids is 2. The lowest BCUT2D eigenvalue weighted by atomic mass is 9.98. The van der Waals surface area contributed by atoms with Gasteiger partial charge in [-0.05, 0) is 56.5 Å². The third kappa shape index (κ3) is 8.24. The molecule has 2 atom stereocenters. The monoisotopic (exact) mass is 627 g/mol. The van der Waals surface area contributed by atoms with Crippen molar-refractivity contribution in [3.05, 3.63) is 72.2 Å². The molecule has 1 fully saturated rings. The summed E-state index contributed by atoms with van der Waals surface area (Å²) in [4.78, 5) is 31.5. The molecule has 1 saturated heterocycles. The van der Waals surface area contributed by atoms with Gasteiger partial charge in [-0.1, -0.05) is 24.3 Å². The molecule has 46 heavy (non-hydrogen) atoms. The lowest BCUT2D eigenvalue weighted by Crippen LogP contribution is -2.49. The number of benzene rings is 2. The number of esters is 1. The van der Waals surface area contributed by atoms with Gasteiger partial charge in [0.2, 0.25) is 0 Å². The van der Waals surface area contributed by atoms with E-state index in [0.29, 0.717) is 12.1 Å². The fourth-order valence-electron chi connectivity index (χ4n) is 5.47. The van der Waals surface area contributed by atoms with Crippen molar-refractivity contribution in [2.24, 2.45) is 0 Å². The van der Waals surface area contributed by atoms with Crippen LogP contribution in [-0.4, -0.2) is 89.4 Å². The molecule has 2 aromatic carbocycles. The summed E-state index contributed by atoms with van der Waals surface area (Å²) >= 11 is 0. The maximum Gasteiger partial charge on any atom is 0.407 e. The number of alkyl carbamates (subject to hydrolysis) is 1. The minimum atomic E-state index is -0.932. The van der Waals surface area contributed by atoms with Gasteiger partial charge in [-0.3, -0.25) is 9.58 Å². The van der Waals surface area contributed by atoms with Crippen LogP contribution in [0.3, 0.4) is 0 Å². The minimum Gasteiger partial charge on any atom is -0.465 e. The third-order valence-corrected chi connectivity index (χ3v) is 7.81. The molecule has 0 aliphatic carbocycles. The fraction of sp³-hybridized carbons (Fsp3) is 0.412. The van der Waals surface area contributed by atoms with Gasteiger partial charge in [-0.25, -0.2) is 9.59 Å². The first kappa shape index (κ1) is 32.5. The number of nitrogens with zero attached hydrogens (tertiary/aromatic N) is 4. The molecule has 3 heterocycles. The van der Waals surface area contributed by atoms with Crippen molar-refractivity contribution in [2.45, 2.75) is 51.4 Å². The van der Waals surface area contributed by atoms with E-state index in [0.717, 1.165) is 67.0 Å². The van der Waals surface area contributed by atoms with Crippen LogP contribution in [0.2, 0.25) is 0 Å². The van der Waals surface area contributed by atoms with Crippen molar-refractivity contribution in [1.29, 1.82) is 5.26 Å². The number of carbonyl (C=O) groups is 2. The van der Waals surface area contributed by atoms with Crippen molar-refractivity contribution < 1.29 is 23.8 Å². The Bertz CT molecular complexity index is 1690. The van der Waals surface area contributed by atoms with Gasteiger partial charge in [0.1, 0.15) is 11.6 Å². The number of rotatable bonds is 11. The smallest absolute Gasteiger partial charge is 0.407 e. The van der Waals surface area contributed by atoms with Crippen LogP contribution >= 0.6 is 0 Å². The van der Waals surface area contributed by atoms with Crippen molar-refractivity contribution in [3.63, 3.8) is 0 Å². The zero-order chi connectivity index (χ0) is 32.7. The van der Waals surface area contributed by atoms with Crippen molar-refractivity contribution in [3.8, 4) is 17.2 Å². The minimum absolute atomic E-state index is 0.254. The largest absolute Gasteiger partial charge is 0.465 e. The van der Waals surface area contributed by atoms with E-state index in [-0.39, 0.29) is 5.56 Å². The van der Waals surface area contributed by atoms with E-state index in [1.54, 1.807) is 39.1 Å². The Balaban J connectivity index is 1.38. The standard InChI is InChI=1S/C34H41N7O5/c1-34(2,3)46-33(43)39-30(18-24-20-36-28-8-6-5-7-26(24)28)31(19-35)38-29-10-9-23(17-27(29)32(42)44-4)25-21-37-41(22-25)12-11-40-13-15-45-16-14-40/h5-10,17,20-22,30-31,36,38H,11-16,18H2,1-4H3,(H,39,43)/t30-,31-/m0/s1. The molecular weight excluding hydrogens is 586 g/mol. The molecule has 0 bridgehead atoms. The average Bonchev–Trinajstić information content (AvgIpc) is 3.69. The molecule has 242 valence electrons. The molecule has 0 radical (unpaired) electrons. The number of aromatic nitrogens is 3. The Kier molecular flexibility index (Phi) is 10.2. The molecule has 3 N–H and O–H groups in total. The molecule has 12 heteroatoms. The van der Waals surface area contributed by atoms with Crippen LogP contribution in [0.4, 0.5) is 10.5 Å². The maximum atomic E-state index is 13.0. The van der Waals surface area contributed by atoms with Gasteiger partial charge in [0.25, 0.3) is 0 Å². The van der Waals surface area contributed by atoms with Crippen molar-refractivity contribution >= 4 is 28.7 Å². The summed E-state index contributed by atoms with van der Waals surface area (Å²) in [6, 6.07) is 13.8. The van der Waals surface area contributed by atoms with E-state index < -0.39 is 29.7 Å². The van der Waals surface area contributed by atoms with E-state index >= 15 is 0 Å². The van der Waals surface area contributed by atoms with Gasteiger partial charge in [-0.15, -0.1) is 0 Å². The highest BCUT2D eigenvalue weighted by Crippen LogP contribution is 2.28. The number of para-hydroxylation sites is 1. The summed E-state index contributed by atoms with van der Waals surface area (Å²) in [7, 11) is 1.31. The Morgan fingerprint density at radius 1 is 1.13 bits per heavy atom. The first-order valence-electron chi connectivity index (χ1n) is 15.4. The number of amides is 1. The predicted molar refractivity (Wildman–Crippen MR) is 174 cm³/mol. The van der Waals surface area contributed by atoms with Crippen molar-refractivity contribution in [2.75, 3.05) is 45.3 Å². The predicted octanol–water partition coefficient (Wildman–Crippen LogP) is 4.59. The molecule has 5 rings (SSSR count). The Hall–Kier alpha value is -4.86. The molecule has 0 spiro atoms. The second kappa shape index (κ2) is 14.5. The average molecular weight is 628 g/mol. The van der Waals surface area contributed by atoms with Crippen LogP contribution in [0.25, 0.3) is 22.0 Å². The lowest BCUT2D eigenvalue weighted by molar-refractivity contribution is 0.0359. The summed E-state index contributed by atoms with van der Waals surface area (Å²) in [6.07, 6.45) is 5.27. The lowest BCUT2D eigenvalue weighted by Gasteiger charge is -2.27. The van der Waals surface area contributed by atoms with Crippen LogP contribution in [-0.2, 0) is 27.2 Å². The summed E-state index contributed by atoms with van der Waals surface area (Å²) in [5.74, 6) is -0.561. The molecule has 2 aromatic heterocycles. The molecule has 0 unspecified atom stereocenters. The van der Waals surface area contributed by atoms with Crippen LogP contribution in [0.1, 0.15) is 36.7 Å². The molecular formula is C34H41N7O5. The molecule has 1 aliphatic rings. The van der Waals surface area contributed by atoms with Crippen LogP contribution in [0.15, 0.2) is 61.1 Å². The van der Waals surface area contributed by atoms with E-state index in [2.05, 4.69) is 31.7 Å². The zero-order valence-corrected chi connectivity index (χ0v) is 26.7. The molecule has 1 amide bonds. The topological polar surface area (TPSA) is 147 Å². The van der Waals surface area contributed by atoms with Gasteiger partial charge < -0.3 is 29.8 Å². The molecule has 0 saturated carbocycles. The first-order valence-corrected chi connectivity index (χ1v) is 15.4. The van der Waals surface area contributed by atoms with Gasteiger partial charge >= 0.3 is 12.1 Å². The number of ether oxygens (including phenoxy) is 3. The number of hydrogen-bond donors (Lipinski definition) is 3.